The summed E-state index contributed by atoms with van der Waals surface area (Å²) in [4.78, 5) is 25.0. The van der Waals surface area contributed by atoms with Gasteiger partial charge in [-0.2, -0.15) is 0 Å². The number of hydrogen-bond donors (Lipinski definition) is 2. The standard InChI is InChI=1S/C18H22F2N2O3/c1-2-22(9-17(23)24)12-6-11(7-12)21-18(25)14-8-13(14)10-3-4-15(19)16(20)5-10/h3-5,11-14H,2,6-9H2,1H3,(H,21,25)(H,23,24). The second kappa shape index (κ2) is 7.07. The van der Waals surface area contributed by atoms with Crippen LogP contribution in [0.4, 0.5) is 8.78 Å². The molecule has 0 saturated heterocycles. The van der Waals surface area contributed by atoms with Crippen molar-refractivity contribution in [3.8, 4) is 0 Å². The number of benzene rings is 1. The van der Waals surface area contributed by atoms with Crippen LogP contribution in [0.2, 0.25) is 0 Å². The third-order valence-corrected chi connectivity index (χ3v) is 5.22. The van der Waals surface area contributed by atoms with Crippen LogP contribution in [0.3, 0.4) is 0 Å². The van der Waals surface area contributed by atoms with E-state index in [1.54, 1.807) is 0 Å². The number of amides is 1. The fourth-order valence-corrected chi connectivity index (χ4v) is 3.58. The minimum atomic E-state index is -0.886. The van der Waals surface area contributed by atoms with Crippen molar-refractivity contribution in [1.82, 2.24) is 10.2 Å². The molecule has 3 rings (SSSR count). The zero-order chi connectivity index (χ0) is 18.1. The van der Waals surface area contributed by atoms with E-state index in [2.05, 4.69) is 5.32 Å². The van der Waals surface area contributed by atoms with Gasteiger partial charge in [-0.1, -0.05) is 13.0 Å². The van der Waals surface area contributed by atoms with Gasteiger partial charge in [0.2, 0.25) is 5.91 Å². The third kappa shape index (κ3) is 3.98. The first kappa shape index (κ1) is 17.8. The summed E-state index contributed by atoms with van der Waals surface area (Å²) in [6, 6.07) is 4.04. The molecule has 2 saturated carbocycles. The Morgan fingerprint density at radius 2 is 1.96 bits per heavy atom. The molecule has 0 bridgehead atoms. The van der Waals surface area contributed by atoms with Gasteiger partial charge in [0, 0.05) is 18.0 Å². The van der Waals surface area contributed by atoms with Gasteiger partial charge < -0.3 is 10.4 Å². The van der Waals surface area contributed by atoms with E-state index in [1.165, 1.54) is 6.07 Å². The number of aliphatic carboxylic acids is 1. The number of nitrogens with zero attached hydrogens (tertiary/aromatic N) is 1. The molecule has 136 valence electrons. The predicted octanol–water partition coefficient (Wildman–Crippen LogP) is 2.12. The van der Waals surface area contributed by atoms with Gasteiger partial charge in [0.25, 0.3) is 0 Å². The number of carbonyl (C=O) groups is 2. The summed E-state index contributed by atoms with van der Waals surface area (Å²) in [5, 5.41) is 11.9. The summed E-state index contributed by atoms with van der Waals surface area (Å²) in [5.41, 5.74) is 0.657. The second-order valence-electron chi connectivity index (χ2n) is 6.91. The molecular formula is C18H22F2N2O3. The first-order chi connectivity index (χ1) is 11.9. The van der Waals surface area contributed by atoms with Crippen LogP contribution in [-0.4, -0.2) is 47.1 Å². The molecule has 2 unspecified atom stereocenters. The average Bonchev–Trinajstić information content (AvgIpc) is 3.31. The molecule has 1 aromatic carbocycles. The molecule has 2 fully saturated rings. The van der Waals surface area contributed by atoms with Gasteiger partial charge in [-0.3, -0.25) is 14.5 Å². The molecule has 0 spiro atoms. The van der Waals surface area contributed by atoms with Gasteiger partial charge in [0.15, 0.2) is 11.6 Å². The first-order valence-electron chi connectivity index (χ1n) is 8.60. The van der Waals surface area contributed by atoms with Crippen LogP contribution in [0.5, 0.6) is 0 Å². The van der Waals surface area contributed by atoms with E-state index in [9.17, 15) is 18.4 Å². The largest absolute Gasteiger partial charge is 0.480 e. The van der Waals surface area contributed by atoms with Crippen LogP contribution in [-0.2, 0) is 9.59 Å². The normalized spacial score (nSPS) is 27.7. The lowest BCUT2D eigenvalue weighted by molar-refractivity contribution is -0.139. The summed E-state index contributed by atoms with van der Waals surface area (Å²) in [6.45, 7) is 2.60. The molecule has 2 aliphatic carbocycles. The zero-order valence-electron chi connectivity index (χ0n) is 14.0. The number of carbonyl (C=O) groups excluding carboxylic acids is 1. The van der Waals surface area contributed by atoms with Gasteiger partial charge in [-0.05, 0) is 49.4 Å². The van der Waals surface area contributed by atoms with Crippen LogP contribution in [0, 0.1) is 17.6 Å². The highest BCUT2D eigenvalue weighted by atomic mass is 19.2. The van der Waals surface area contributed by atoms with E-state index >= 15 is 0 Å². The van der Waals surface area contributed by atoms with E-state index < -0.39 is 17.6 Å². The van der Waals surface area contributed by atoms with Crippen molar-refractivity contribution in [3.05, 3.63) is 35.4 Å². The number of rotatable bonds is 7. The fourth-order valence-electron chi connectivity index (χ4n) is 3.58. The Morgan fingerprint density at radius 3 is 2.56 bits per heavy atom. The van der Waals surface area contributed by atoms with Crippen molar-refractivity contribution in [1.29, 1.82) is 0 Å². The molecule has 2 aliphatic rings. The summed E-state index contributed by atoms with van der Waals surface area (Å²) in [7, 11) is 0. The van der Waals surface area contributed by atoms with Crippen molar-refractivity contribution in [3.63, 3.8) is 0 Å². The zero-order valence-corrected chi connectivity index (χ0v) is 14.0. The molecule has 5 nitrogen and oxygen atoms in total. The first-order valence-corrected chi connectivity index (χ1v) is 8.60. The second-order valence-corrected chi connectivity index (χ2v) is 6.91. The van der Waals surface area contributed by atoms with Crippen molar-refractivity contribution in [2.45, 2.75) is 44.2 Å². The van der Waals surface area contributed by atoms with E-state index in [0.717, 1.165) is 25.0 Å². The predicted molar refractivity (Wildman–Crippen MR) is 87.0 cm³/mol. The molecule has 1 amide bonds. The van der Waals surface area contributed by atoms with Crippen LogP contribution in [0.25, 0.3) is 0 Å². The lowest BCUT2D eigenvalue weighted by Crippen LogP contribution is -2.55. The molecule has 0 heterocycles. The fraction of sp³-hybridized carbons (Fsp3) is 0.556. The highest BCUT2D eigenvalue weighted by Crippen LogP contribution is 2.48. The lowest BCUT2D eigenvalue weighted by atomic mass is 9.85. The topological polar surface area (TPSA) is 69.6 Å². The molecule has 0 radical (unpaired) electrons. The number of hydrogen-bond acceptors (Lipinski definition) is 3. The van der Waals surface area contributed by atoms with E-state index in [0.29, 0.717) is 18.5 Å². The molecule has 25 heavy (non-hydrogen) atoms. The molecule has 7 heteroatoms. The maximum absolute atomic E-state index is 13.3. The number of likely N-dealkylation sites (N-methyl/N-ethyl adjacent to an activating group) is 1. The Labute approximate surface area is 145 Å². The summed E-state index contributed by atoms with van der Waals surface area (Å²) in [6.07, 6.45) is 2.14. The smallest absolute Gasteiger partial charge is 0.317 e. The van der Waals surface area contributed by atoms with Gasteiger partial charge in [0.05, 0.1) is 6.54 Å². The highest BCUT2D eigenvalue weighted by molar-refractivity contribution is 5.83. The van der Waals surface area contributed by atoms with E-state index in [1.807, 2.05) is 11.8 Å². The van der Waals surface area contributed by atoms with E-state index in [4.69, 9.17) is 5.11 Å². The van der Waals surface area contributed by atoms with Crippen molar-refractivity contribution in [2.75, 3.05) is 13.1 Å². The summed E-state index contributed by atoms with van der Waals surface area (Å²) >= 11 is 0. The minimum absolute atomic E-state index is 0.0165. The number of carboxylic acids is 1. The Kier molecular flexibility index (Phi) is 5.03. The van der Waals surface area contributed by atoms with Crippen LogP contribution >= 0.6 is 0 Å². The van der Waals surface area contributed by atoms with Crippen molar-refractivity contribution in [2.24, 2.45) is 5.92 Å². The Balaban J connectivity index is 1.46. The third-order valence-electron chi connectivity index (χ3n) is 5.22. The van der Waals surface area contributed by atoms with Crippen molar-refractivity contribution < 1.29 is 23.5 Å². The molecular weight excluding hydrogens is 330 g/mol. The van der Waals surface area contributed by atoms with Crippen LogP contribution < -0.4 is 5.32 Å². The summed E-state index contributed by atoms with van der Waals surface area (Å²) in [5.74, 6) is -2.91. The van der Waals surface area contributed by atoms with Crippen LogP contribution in [0.1, 0.15) is 37.7 Å². The number of carboxylic acid groups (broad SMARTS) is 1. The summed E-state index contributed by atoms with van der Waals surface area (Å²) < 4.78 is 26.3. The van der Waals surface area contributed by atoms with Gasteiger partial charge in [0.1, 0.15) is 0 Å². The molecule has 1 aromatic rings. The Hall–Kier alpha value is -2.02. The SMILES string of the molecule is CCN(CC(=O)O)C1CC(NC(=O)C2CC2c2ccc(F)c(F)c2)C1. The van der Waals surface area contributed by atoms with E-state index in [-0.39, 0.29) is 36.4 Å². The maximum Gasteiger partial charge on any atom is 0.317 e. The molecule has 0 aliphatic heterocycles. The van der Waals surface area contributed by atoms with Crippen molar-refractivity contribution >= 4 is 11.9 Å². The van der Waals surface area contributed by atoms with Gasteiger partial charge >= 0.3 is 5.97 Å². The molecule has 0 aromatic heterocycles. The monoisotopic (exact) mass is 352 g/mol. The molecule has 2 atom stereocenters. The Bertz CT molecular complexity index is 676. The Morgan fingerprint density at radius 1 is 1.24 bits per heavy atom. The quantitative estimate of drug-likeness (QED) is 0.789. The lowest BCUT2D eigenvalue weighted by Gasteiger charge is -2.42. The number of halogens is 2. The van der Waals surface area contributed by atoms with Gasteiger partial charge in [-0.15, -0.1) is 0 Å². The minimum Gasteiger partial charge on any atom is -0.480 e. The maximum atomic E-state index is 13.3. The average molecular weight is 352 g/mol. The molecule has 2 N–H and O–H groups in total. The van der Waals surface area contributed by atoms with Gasteiger partial charge in [-0.25, -0.2) is 8.78 Å². The number of nitrogens with one attached hydrogen (secondary N) is 1. The van der Waals surface area contributed by atoms with Crippen LogP contribution in [0.15, 0.2) is 18.2 Å². The highest BCUT2D eigenvalue weighted by Gasteiger charge is 2.46.